The molecular formula is C15H19NOS. The van der Waals surface area contributed by atoms with Crippen LogP contribution in [0.2, 0.25) is 0 Å². The van der Waals surface area contributed by atoms with Crippen molar-refractivity contribution in [2.24, 2.45) is 0 Å². The van der Waals surface area contributed by atoms with Crippen molar-refractivity contribution < 1.29 is 4.74 Å². The van der Waals surface area contributed by atoms with E-state index in [4.69, 9.17) is 4.74 Å². The Morgan fingerprint density at radius 3 is 2.28 bits per heavy atom. The summed E-state index contributed by atoms with van der Waals surface area (Å²) in [5, 5.41) is 1.19. The van der Waals surface area contributed by atoms with Gasteiger partial charge in [-0.15, -0.1) is 11.3 Å². The number of rotatable bonds is 4. The summed E-state index contributed by atoms with van der Waals surface area (Å²) in [6.45, 7) is 6.40. The van der Waals surface area contributed by atoms with Crippen LogP contribution in [0.3, 0.4) is 0 Å². The number of methoxy groups -OCH3 is 1. The molecule has 2 rings (SSSR count). The van der Waals surface area contributed by atoms with Crippen LogP contribution in [-0.2, 0) is 4.74 Å². The molecule has 0 aliphatic heterocycles. The molecule has 1 aromatic heterocycles. The van der Waals surface area contributed by atoms with Gasteiger partial charge in [-0.25, -0.2) is 4.98 Å². The van der Waals surface area contributed by atoms with E-state index in [0.29, 0.717) is 5.92 Å². The highest BCUT2D eigenvalue weighted by molar-refractivity contribution is 7.15. The van der Waals surface area contributed by atoms with Gasteiger partial charge in [-0.1, -0.05) is 38.1 Å². The monoisotopic (exact) mass is 261 g/mol. The Morgan fingerprint density at radius 2 is 1.78 bits per heavy atom. The molecule has 1 atom stereocenters. The molecule has 1 heterocycles. The second-order valence-corrected chi connectivity index (χ2v) is 5.78. The van der Waals surface area contributed by atoms with E-state index < -0.39 is 0 Å². The minimum atomic E-state index is 0.145. The second-order valence-electron chi connectivity index (χ2n) is 4.72. The van der Waals surface area contributed by atoms with Gasteiger partial charge in [0, 0.05) is 19.2 Å². The first-order valence-electron chi connectivity index (χ1n) is 6.20. The van der Waals surface area contributed by atoms with Gasteiger partial charge in [0.05, 0.1) is 16.0 Å². The van der Waals surface area contributed by atoms with Crippen molar-refractivity contribution >= 4 is 11.3 Å². The quantitative estimate of drug-likeness (QED) is 0.799. The third-order valence-electron chi connectivity index (χ3n) is 3.04. The van der Waals surface area contributed by atoms with E-state index in [2.05, 4.69) is 50.0 Å². The molecule has 0 spiro atoms. The molecule has 2 aromatic rings. The number of aromatic nitrogens is 1. The van der Waals surface area contributed by atoms with Crippen LogP contribution >= 0.6 is 11.3 Å². The predicted octanol–water partition coefficient (Wildman–Crippen LogP) is 4.64. The van der Waals surface area contributed by atoms with Crippen molar-refractivity contribution in [1.82, 2.24) is 4.98 Å². The molecule has 0 aliphatic carbocycles. The van der Waals surface area contributed by atoms with Gasteiger partial charge in [0.1, 0.15) is 0 Å². The fourth-order valence-corrected chi connectivity index (χ4v) is 2.67. The summed E-state index contributed by atoms with van der Waals surface area (Å²) in [4.78, 5) is 5.69. The molecule has 96 valence electrons. The van der Waals surface area contributed by atoms with Crippen LogP contribution in [0.15, 0.2) is 30.5 Å². The SMILES string of the molecule is CO[C@H](C)c1ccc(-c2cnc(C(C)C)s2)cc1. The van der Waals surface area contributed by atoms with Gasteiger partial charge in [0.25, 0.3) is 0 Å². The summed E-state index contributed by atoms with van der Waals surface area (Å²) in [5.41, 5.74) is 2.43. The number of thiazole rings is 1. The van der Waals surface area contributed by atoms with E-state index in [9.17, 15) is 0 Å². The third-order valence-corrected chi connectivity index (χ3v) is 4.38. The van der Waals surface area contributed by atoms with Gasteiger partial charge < -0.3 is 4.74 Å². The molecule has 0 saturated heterocycles. The molecule has 3 heteroatoms. The summed E-state index contributed by atoms with van der Waals surface area (Å²) in [5.74, 6) is 0.497. The highest BCUT2D eigenvalue weighted by Gasteiger charge is 2.08. The van der Waals surface area contributed by atoms with Crippen molar-refractivity contribution in [1.29, 1.82) is 0 Å². The summed E-state index contributed by atoms with van der Waals surface area (Å²) in [7, 11) is 1.73. The smallest absolute Gasteiger partial charge is 0.0956 e. The van der Waals surface area contributed by atoms with Crippen molar-refractivity contribution in [2.75, 3.05) is 7.11 Å². The van der Waals surface area contributed by atoms with E-state index in [1.807, 2.05) is 6.20 Å². The maximum Gasteiger partial charge on any atom is 0.0956 e. The fraction of sp³-hybridized carbons (Fsp3) is 0.400. The first kappa shape index (κ1) is 13.2. The van der Waals surface area contributed by atoms with Crippen LogP contribution in [-0.4, -0.2) is 12.1 Å². The van der Waals surface area contributed by atoms with Gasteiger partial charge in [0.15, 0.2) is 0 Å². The van der Waals surface area contributed by atoms with Crippen molar-refractivity contribution in [3.05, 3.63) is 41.0 Å². The lowest BCUT2D eigenvalue weighted by molar-refractivity contribution is 0.119. The lowest BCUT2D eigenvalue weighted by Crippen LogP contribution is -1.94. The zero-order valence-corrected chi connectivity index (χ0v) is 12.1. The van der Waals surface area contributed by atoms with E-state index in [1.54, 1.807) is 18.4 Å². The number of ether oxygens (including phenoxy) is 1. The number of hydrogen-bond donors (Lipinski definition) is 0. The normalized spacial score (nSPS) is 12.9. The molecule has 1 aromatic carbocycles. The average molecular weight is 261 g/mol. The van der Waals surface area contributed by atoms with Crippen LogP contribution in [0, 0.1) is 0 Å². The van der Waals surface area contributed by atoms with Gasteiger partial charge in [-0.2, -0.15) is 0 Å². The Balaban J connectivity index is 2.23. The van der Waals surface area contributed by atoms with Gasteiger partial charge in [0.2, 0.25) is 0 Å². The Bertz CT molecular complexity index is 501. The molecule has 0 unspecified atom stereocenters. The molecule has 0 aliphatic rings. The molecule has 0 amide bonds. The van der Waals surface area contributed by atoms with Crippen molar-refractivity contribution in [3.63, 3.8) is 0 Å². The largest absolute Gasteiger partial charge is 0.377 e. The molecule has 2 nitrogen and oxygen atoms in total. The van der Waals surface area contributed by atoms with Crippen LogP contribution in [0.5, 0.6) is 0 Å². The maximum atomic E-state index is 5.31. The minimum Gasteiger partial charge on any atom is -0.377 e. The highest BCUT2D eigenvalue weighted by atomic mass is 32.1. The number of benzene rings is 1. The Kier molecular flexibility index (Phi) is 4.15. The van der Waals surface area contributed by atoms with Crippen LogP contribution in [0.25, 0.3) is 10.4 Å². The number of nitrogens with zero attached hydrogens (tertiary/aromatic N) is 1. The number of hydrogen-bond acceptors (Lipinski definition) is 3. The topological polar surface area (TPSA) is 22.1 Å². The minimum absolute atomic E-state index is 0.145. The Hall–Kier alpha value is -1.19. The zero-order chi connectivity index (χ0) is 13.1. The van der Waals surface area contributed by atoms with Crippen LogP contribution in [0.1, 0.15) is 43.4 Å². The molecule has 0 saturated carbocycles. The van der Waals surface area contributed by atoms with Gasteiger partial charge in [-0.3, -0.25) is 0 Å². The fourth-order valence-electron chi connectivity index (χ4n) is 1.74. The molecule has 18 heavy (non-hydrogen) atoms. The molecule has 0 N–H and O–H groups in total. The summed E-state index contributed by atoms with van der Waals surface area (Å²) in [6.07, 6.45) is 2.11. The second kappa shape index (κ2) is 5.63. The highest BCUT2D eigenvalue weighted by Crippen LogP contribution is 2.30. The lowest BCUT2D eigenvalue weighted by Gasteiger charge is -2.09. The van der Waals surface area contributed by atoms with Gasteiger partial charge >= 0.3 is 0 Å². The Morgan fingerprint density at radius 1 is 1.11 bits per heavy atom. The first-order chi connectivity index (χ1) is 8.61. The van der Waals surface area contributed by atoms with Crippen LogP contribution < -0.4 is 0 Å². The average Bonchev–Trinajstić information content (AvgIpc) is 2.88. The predicted molar refractivity (Wildman–Crippen MR) is 77.1 cm³/mol. The lowest BCUT2D eigenvalue weighted by atomic mass is 10.1. The Labute approximate surface area is 113 Å². The summed E-state index contributed by atoms with van der Waals surface area (Å²) in [6, 6.07) is 8.53. The summed E-state index contributed by atoms with van der Waals surface area (Å²) >= 11 is 1.77. The van der Waals surface area contributed by atoms with E-state index in [0.717, 1.165) is 0 Å². The molecule has 0 radical (unpaired) electrons. The van der Waals surface area contributed by atoms with Crippen LogP contribution in [0.4, 0.5) is 0 Å². The third kappa shape index (κ3) is 2.79. The van der Waals surface area contributed by atoms with E-state index in [1.165, 1.54) is 21.0 Å². The van der Waals surface area contributed by atoms with Crippen molar-refractivity contribution in [3.8, 4) is 10.4 Å². The van der Waals surface area contributed by atoms with Crippen molar-refractivity contribution in [2.45, 2.75) is 32.8 Å². The molecular weight excluding hydrogens is 242 g/mol. The standard InChI is InChI=1S/C15H19NOS/c1-10(2)15-16-9-14(18-15)13-7-5-12(6-8-13)11(3)17-4/h5-11H,1-4H3/t11-/m1/s1. The molecule has 0 fully saturated rings. The van der Waals surface area contributed by atoms with E-state index in [-0.39, 0.29) is 6.10 Å². The first-order valence-corrected chi connectivity index (χ1v) is 7.02. The van der Waals surface area contributed by atoms with Gasteiger partial charge in [-0.05, 0) is 18.1 Å². The van der Waals surface area contributed by atoms with E-state index >= 15 is 0 Å². The maximum absolute atomic E-state index is 5.31. The summed E-state index contributed by atoms with van der Waals surface area (Å²) < 4.78 is 5.31. The zero-order valence-electron chi connectivity index (χ0n) is 11.3. The molecule has 0 bridgehead atoms.